The number of fused-ring (bicyclic) bond motifs is 1. The zero-order valence-electron chi connectivity index (χ0n) is 12.3. The first-order valence-electron chi connectivity index (χ1n) is 7.55. The fourth-order valence-electron chi connectivity index (χ4n) is 3.25. The van der Waals surface area contributed by atoms with Crippen LogP contribution in [0.5, 0.6) is 0 Å². The van der Waals surface area contributed by atoms with Crippen LogP contribution in [0.4, 0.5) is 0 Å². The molecule has 0 radical (unpaired) electrons. The van der Waals surface area contributed by atoms with Gasteiger partial charge in [-0.2, -0.15) is 0 Å². The minimum atomic E-state index is 0.0379. The van der Waals surface area contributed by atoms with Crippen LogP contribution in [0.25, 0.3) is 10.9 Å². The van der Waals surface area contributed by atoms with Crippen LogP contribution in [0.1, 0.15) is 36.0 Å². The lowest BCUT2D eigenvalue weighted by Crippen LogP contribution is -2.50. The maximum Gasteiger partial charge on any atom is 0.254 e. The zero-order valence-corrected chi connectivity index (χ0v) is 12.3. The summed E-state index contributed by atoms with van der Waals surface area (Å²) < 4.78 is 0. The first kappa shape index (κ1) is 14.0. The molecule has 0 saturated heterocycles. The van der Waals surface area contributed by atoms with Crippen LogP contribution in [-0.2, 0) is 0 Å². The fraction of sp³-hybridized carbons (Fsp3) is 0.412. The Bertz CT molecular complexity index is 650. The SMILES string of the molecule is CN(C(=O)c1cccc2ncccc12)C1CCCCC1N. The Hall–Kier alpha value is -1.94. The number of hydrogen-bond acceptors (Lipinski definition) is 3. The Labute approximate surface area is 125 Å². The highest BCUT2D eigenvalue weighted by molar-refractivity contribution is 6.06. The monoisotopic (exact) mass is 283 g/mol. The van der Waals surface area contributed by atoms with Crippen LogP contribution in [0.15, 0.2) is 36.5 Å². The molecule has 0 aliphatic heterocycles. The van der Waals surface area contributed by atoms with E-state index in [1.807, 2.05) is 42.3 Å². The van der Waals surface area contributed by atoms with Gasteiger partial charge in [0.05, 0.1) is 5.52 Å². The molecule has 4 heteroatoms. The topological polar surface area (TPSA) is 59.2 Å². The first-order chi connectivity index (χ1) is 10.2. The average molecular weight is 283 g/mol. The molecule has 2 unspecified atom stereocenters. The number of aromatic nitrogens is 1. The summed E-state index contributed by atoms with van der Waals surface area (Å²) >= 11 is 0. The molecule has 2 aromatic rings. The van der Waals surface area contributed by atoms with Crippen LogP contribution in [-0.4, -0.2) is 34.9 Å². The fourth-order valence-corrected chi connectivity index (χ4v) is 3.25. The second-order valence-corrected chi connectivity index (χ2v) is 5.81. The standard InChI is InChI=1S/C17H21N3O/c1-20(16-10-3-2-8-14(16)18)17(21)13-6-4-9-15-12(13)7-5-11-19-15/h4-7,9,11,14,16H,2-3,8,10,18H2,1H3. The molecule has 2 atom stereocenters. The van der Waals surface area contributed by atoms with Gasteiger partial charge in [0.2, 0.25) is 0 Å². The van der Waals surface area contributed by atoms with Crippen molar-refractivity contribution in [3.05, 3.63) is 42.1 Å². The molecule has 1 amide bonds. The number of hydrogen-bond donors (Lipinski definition) is 1. The van der Waals surface area contributed by atoms with Gasteiger partial charge < -0.3 is 10.6 Å². The Morgan fingerprint density at radius 1 is 1.24 bits per heavy atom. The molecule has 1 aliphatic carbocycles. The number of carbonyl (C=O) groups is 1. The number of pyridine rings is 1. The van der Waals surface area contributed by atoms with Gasteiger partial charge in [-0.3, -0.25) is 9.78 Å². The van der Waals surface area contributed by atoms with Gasteiger partial charge in [-0.1, -0.05) is 25.0 Å². The summed E-state index contributed by atoms with van der Waals surface area (Å²) in [5, 5.41) is 0.904. The van der Waals surface area contributed by atoms with Crippen molar-refractivity contribution in [3.63, 3.8) is 0 Å². The third-order valence-corrected chi connectivity index (χ3v) is 4.48. The van der Waals surface area contributed by atoms with Gasteiger partial charge in [-0.05, 0) is 31.0 Å². The van der Waals surface area contributed by atoms with Crippen LogP contribution >= 0.6 is 0 Å². The molecule has 0 spiro atoms. The Morgan fingerprint density at radius 3 is 2.86 bits per heavy atom. The number of amides is 1. The molecule has 3 rings (SSSR count). The second-order valence-electron chi connectivity index (χ2n) is 5.81. The lowest BCUT2D eigenvalue weighted by molar-refractivity contribution is 0.0674. The van der Waals surface area contributed by atoms with Gasteiger partial charge >= 0.3 is 0 Å². The molecule has 21 heavy (non-hydrogen) atoms. The van der Waals surface area contributed by atoms with Crippen molar-refractivity contribution in [3.8, 4) is 0 Å². The summed E-state index contributed by atoms with van der Waals surface area (Å²) in [5.74, 6) is 0.0379. The van der Waals surface area contributed by atoms with Crippen molar-refractivity contribution in [2.24, 2.45) is 5.73 Å². The predicted molar refractivity (Wildman–Crippen MR) is 84.1 cm³/mol. The minimum absolute atomic E-state index is 0.0379. The van der Waals surface area contributed by atoms with E-state index in [-0.39, 0.29) is 18.0 Å². The van der Waals surface area contributed by atoms with Crippen molar-refractivity contribution in [2.75, 3.05) is 7.05 Å². The number of rotatable bonds is 2. The lowest BCUT2D eigenvalue weighted by Gasteiger charge is -2.36. The molecule has 1 fully saturated rings. The van der Waals surface area contributed by atoms with E-state index < -0.39 is 0 Å². The van der Waals surface area contributed by atoms with Crippen molar-refractivity contribution in [1.29, 1.82) is 0 Å². The van der Waals surface area contributed by atoms with E-state index in [1.54, 1.807) is 6.20 Å². The first-order valence-corrected chi connectivity index (χ1v) is 7.55. The van der Waals surface area contributed by atoms with Crippen LogP contribution in [0, 0.1) is 0 Å². The van der Waals surface area contributed by atoms with Gasteiger partial charge in [0, 0.05) is 36.3 Å². The molecule has 1 aliphatic rings. The smallest absolute Gasteiger partial charge is 0.254 e. The Balaban J connectivity index is 1.93. The largest absolute Gasteiger partial charge is 0.337 e. The Morgan fingerprint density at radius 2 is 2.05 bits per heavy atom. The Kier molecular flexibility index (Phi) is 3.88. The van der Waals surface area contributed by atoms with Crippen molar-refractivity contribution in [2.45, 2.75) is 37.8 Å². The molecular weight excluding hydrogens is 262 g/mol. The number of benzene rings is 1. The highest BCUT2D eigenvalue weighted by atomic mass is 16.2. The van der Waals surface area contributed by atoms with E-state index in [1.165, 1.54) is 0 Å². The molecule has 1 saturated carbocycles. The van der Waals surface area contributed by atoms with E-state index >= 15 is 0 Å². The summed E-state index contributed by atoms with van der Waals surface area (Å²) in [5.41, 5.74) is 7.76. The molecule has 0 bridgehead atoms. The van der Waals surface area contributed by atoms with E-state index in [9.17, 15) is 4.79 Å². The van der Waals surface area contributed by atoms with Crippen molar-refractivity contribution < 1.29 is 4.79 Å². The van der Waals surface area contributed by atoms with Crippen molar-refractivity contribution >= 4 is 16.8 Å². The van der Waals surface area contributed by atoms with Crippen molar-refractivity contribution in [1.82, 2.24) is 9.88 Å². The van der Waals surface area contributed by atoms with Gasteiger partial charge in [-0.15, -0.1) is 0 Å². The number of nitrogens with zero attached hydrogens (tertiary/aromatic N) is 2. The number of likely N-dealkylation sites (N-methyl/N-ethyl adjacent to an activating group) is 1. The quantitative estimate of drug-likeness (QED) is 0.921. The molecule has 1 aromatic carbocycles. The van der Waals surface area contributed by atoms with E-state index in [4.69, 9.17) is 5.73 Å². The maximum atomic E-state index is 12.8. The summed E-state index contributed by atoms with van der Waals surface area (Å²) in [4.78, 5) is 19.0. The summed E-state index contributed by atoms with van der Waals surface area (Å²) in [6, 6.07) is 9.72. The summed E-state index contributed by atoms with van der Waals surface area (Å²) in [6.07, 6.45) is 6.05. The van der Waals surface area contributed by atoms with Gasteiger partial charge in [0.25, 0.3) is 5.91 Å². The highest BCUT2D eigenvalue weighted by Gasteiger charge is 2.29. The third-order valence-electron chi connectivity index (χ3n) is 4.48. The molecule has 2 N–H and O–H groups in total. The van der Waals surface area contributed by atoms with Crippen LogP contribution in [0.2, 0.25) is 0 Å². The van der Waals surface area contributed by atoms with Crippen LogP contribution < -0.4 is 5.73 Å². The van der Waals surface area contributed by atoms with Gasteiger partial charge in [0.15, 0.2) is 0 Å². The molecule has 1 heterocycles. The summed E-state index contributed by atoms with van der Waals surface area (Å²) in [7, 11) is 1.87. The highest BCUT2D eigenvalue weighted by Crippen LogP contribution is 2.24. The number of nitrogens with two attached hydrogens (primary N) is 1. The van der Waals surface area contributed by atoms with E-state index in [0.29, 0.717) is 5.56 Å². The third kappa shape index (κ3) is 2.63. The van der Waals surface area contributed by atoms with Gasteiger partial charge in [0.1, 0.15) is 0 Å². The molecule has 1 aromatic heterocycles. The molecule has 4 nitrogen and oxygen atoms in total. The molecule has 110 valence electrons. The normalized spacial score (nSPS) is 22.2. The zero-order chi connectivity index (χ0) is 14.8. The predicted octanol–water partition coefficient (Wildman–Crippen LogP) is 2.58. The van der Waals surface area contributed by atoms with E-state index in [2.05, 4.69) is 4.98 Å². The van der Waals surface area contributed by atoms with Crippen LogP contribution in [0.3, 0.4) is 0 Å². The lowest BCUT2D eigenvalue weighted by atomic mass is 9.89. The average Bonchev–Trinajstić information content (AvgIpc) is 2.53. The van der Waals surface area contributed by atoms with E-state index in [0.717, 1.165) is 36.6 Å². The second kappa shape index (κ2) is 5.82. The minimum Gasteiger partial charge on any atom is -0.337 e. The summed E-state index contributed by atoms with van der Waals surface area (Å²) in [6.45, 7) is 0. The molecular formula is C17H21N3O. The maximum absolute atomic E-state index is 12.8. The number of carbonyl (C=O) groups excluding carboxylic acids is 1. The van der Waals surface area contributed by atoms with Gasteiger partial charge in [-0.25, -0.2) is 0 Å².